The molecule has 0 heterocycles. The van der Waals surface area contributed by atoms with E-state index in [1.54, 1.807) is 0 Å². The van der Waals surface area contributed by atoms with Gasteiger partial charge in [-0.3, -0.25) is 0 Å². The summed E-state index contributed by atoms with van der Waals surface area (Å²) in [4.78, 5) is 2.30. The normalized spacial score (nSPS) is 10.0. The summed E-state index contributed by atoms with van der Waals surface area (Å²) < 4.78 is 0.801. The number of rotatable bonds is 5. The Kier molecular flexibility index (Phi) is 5.24. The largest absolute Gasteiger partial charge is 0.372 e. The second kappa shape index (κ2) is 7.14. The predicted molar refractivity (Wildman–Crippen MR) is 92.1 cm³/mol. The molecular formula is C17H18BrN3. The lowest BCUT2D eigenvalue weighted by Gasteiger charge is -2.21. The highest BCUT2D eigenvalue weighted by atomic mass is 79.9. The number of hydrogen-bond acceptors (Lipinski definition) is 3. The number of nitrogens with zero attached hydrogens (tertiary/aromatic N) is 2. The lowest BCUT2D eigenvalue weighted by Crippen LogP contribution is -2.21. The Hall–Kier alpha value is -1.99. The molecule has 2 rings (SSSR count). The van der Waals surface area contributed by atoms with E-state index in [0.29, 0.717) is 5.56 Å². The monoisotopic (exact) mass is 343 g/mol. The van der Waals surface area contributed by atoms with Gasteiger partial charge in [-0.2, -0.15) is 5.26 Å². The number of anilines is 3. The first kappa shape index (κ1) is 15.4. The van der Waals surface area contributed by atoms with Crippen molar-refractivity contribution in [2.45, 2.75) is 13.8 Å². The van der Waals surface area contributed by atoms with Crippen LogP contribution in [-0.4, -0.2) is 13.1 Å². The molecule has 0 aliphatic heterocycles. The number of nitriles is 1. The van der Waals surface area contributed by atoms with Gasteiger partial charge in [0.05, 0.1) is 11.3 Å². The van der Waals surface area contributed by atoms with Gasteiger partial charge in [0.2, 0.25) is 0 Å². The Bertz CT molecular complexity index is 640. The Morgan fingerprint density at radius 1 is 1.10 bits per heavy atom. The van der Waals surface area contributed by atoms with Crippen LogP contribution in [0.25, 0.3) is 0 Å². The molecule has 0 spiro atoms. The molecule has 4 heteroatoms. The fourth-order valence-electron chi connectivity index (χ4n) is 2.24. The molecule has 3 nitrogen and oxygen atoms in total. The molecule has 0 aromatic heterocycles. The van der Waals surface area contributed by atoms with E-state index in [1.807, 2.05) is 30.3 Å². The van der Waals surface area contributed by atoms with Crippen LogP contribution in [0.3, 0.4) is 0 Å². The van der Waals surface area contributed by atoms with Gasteiger partial charge >= 0.3 is 0 Å². The second-order valence-corrected chi connectivity index (χ2v) is 5.47. The van der Waals surface area contributed by atoms with E-state index in [0.717, 1.165) is 28.9 Å². The summed E-state index contributed by atoms with van der Waals surface area (Å²) in [5, 5.41) is 12.5. The maximum absolute atomic E-state index is 9.23. The lowest BCUT2D eigenvalue weighted by molar-refractivity contribution is 0.866. The minimum Gasteiger partial charge on any atom is -0.372 e. The van der Waals surface area contributed by atoms with Crippen molar-refractivity contribution in [3.05, 3.63) is 52.5 Å². The molecule has 0 aliphatic rings. The highest BCUT2D eigenvalue weighted by Gasteiger charge is 2.06. The summed E-state index contributed by atoms with van der Waals surface area (Å²) in [6, 6.07) is 16.2. The molecule has 0 saturated carbocycles. The van der Waals surface area contributed by atoms with Gasteiger partial charge in [-0.1, -0.05) is 6.07 Å². The lowest BCUT2D eigenvalue weighted by atomic mass is 10.2. The molecule has 0 bridgehead atoms. The van der Waals surface area contributed by atoms with E-state index in [-0.39, 0.29) is 0 Å². The van der Waals surface area contributed by atoms with Crippen LogP contribution in [0.1, 0.15) is 19.4 Å². The van der Waals surface area contributed by atoms with E-state index in [4.69, 9.17) is 0 Å². The third-order valence-corrected chi connectivity index (χ3v) is 4.06. The van der Waals surface area contributed by atoms with Crippen molar-refractivity contribution in [2.75, 3.05) is 23.3 Å². The van der Waals surface area contributed by atoms with Crippen molar-refractivity contribution in [3.63, 3.8) is 0 Å². The van der Waals surface area contributed by atoms with Crippen molar-refractivity contribution >= 4 is 33.0 Å². The maximum atomic E-state index is 9.23. The van der Waals surface area contributed by atoms with Crippen molar-refractivity contribution in [1.29, 1.82) is 5.26 Å². The van der Waals surface area contributed by atoms with E-state index in [9.17, 15) is 5.26 Å². The van der Waals surface area contributed by atoms with E-state index in [1.165, 1.54) is 5.69 Å². The van der Waals surface area contributed by atoms with Crippen LogP contribution in [0.15, 0.2) is 46.9 Å². The molecule has 2 aromatic carbocycles. The van der Waals surface area contributed by atoms with Crippen LogP contribution < -0.4 is 10.2 Å². The average molecular weight is 344 g/mol. The Balaban J connectivity index is 2.22. The van der Waals surface area contributed by atoms with Crippen LogP contribution in [0.4, 0.5) is 17.1 Å². The Morgan fingerprint density at radius 3 is 2.33 bits per heavy atom. The zero-order chi connectivity index (χ0) is 15.2. The molecule has 0 aliphatic carbocycles. The summed E-state index contributed by atoms with van der Waals surface area (Å²) in [5.41, 5.74) is 3.61. The summed E-state index contributed by atoms with van der Waals surface area (Å²) in [6.07, 6.45) is 0. The van der Waals surface area contributed by atoms with Crippen LogP contribution in [0.5, 0.6) is 0 Å². The maximum Gasteiger partial charge on any atom is 0.103 e. The third-order valence-electron chi connectivity index (χ3n) is 3.40. The van der Waals surface area contributed by atoms with Crippen LogP contribution in [0.2, 0.25) is 0 Å². The quantitative estimate of drug-likeness (QED) is 0.838. The van der Waals surface area contributed by atoms with Gasteiger partial charge in [0.15, 0.2) is 0 Å². The van der Waals surface area contributed by atoms with Crippen molar-refractivity contribution in [1.82, 2.24) is 0 Å². The molecule has 21 heavy (non-hydrogen) atoms. The second-order valence-electron chi connectivity index (χ2n) is 4.62. The van der Waals surface area contributed by atoms with E-state index >= 15 is 0 Å². The standard InChI is InChI=1S/C17H18BrN3/c1-3-21(4-2)14-10-8-13(9-11-14)20-17-7-5-6-16(18)15(17)12-19/h5-11,20H,3-4H2,1-2H3. The zero-order valence-corrected chi connectivity index (χ0v) is 13.8. The molecule has 0 atom stereocenters. The Morgan fingerprint density at radius 2 is 1.76 bits per heavy atom. The number of benzene rings is 2. The molecule has 108 valence electrons. The van der Waals surface area contributed by atoms with Crippen molar-refractivity contribution < 1.29 is 0 Å². The topological polar surface area (TPSA) is 39.1 Å². The minimum absolute atomic E-state index is 0.616. The summed E-state index contributed by atoms with van der Waals surface area (Å²) in [7, 11) is 0. The van der Waals surface area contributed by atoms with E-state index < -0.39 is 0 Å². The predicted octanol–water partition coefficient (Wildman–Crippen LogP) is 4.91. The Labute approximate surface area is 134 Å². The number of halogens is 1. The summed E-state index contributed by atoms with van der Waals surface area (Å²) in [5.74, 6) is 0. The number of nitrogens with one attached hydrogen (secondary N) is 1. The minimum atomic E-state index is 0.616. The van der Waals surface area contributed by atoms with Gasteiger partial charge in [-0.15, -0.1) is 0 Å². The third kappa shape index (κ3) is 3.56. The number of hydrogen-bond donors (Lipinski definition) is 1. The van der Waals surface area contributed by atoms with Crippen LogP contribution in [0, 0.1) is 11.3 Å². The smallest absolute Gasteiger partial charge is 0.103 e. The SMILES string of the molecule is CCN(CC)c1ccc(Nc2cccc(Br)c2C#N)cc1. The first-order valence-corrected chi connectivity index (χ1v) is 7.79. The molecular weight excluding hydrogens is 326 g/mol. The molecule has 0 radical (unpaired) electrons. The molecule has 0 unspecified atom stereocenters. The zero-order valence-electron chi connectivity index (χ0n) is 12.2. The molecule has 2 aromatic rings. The van der Waals surface area contributed by atoms with Gasteiger partial charge in [0.1, 0.15) is 6.07 Å². The molecule has 0 amide bonds. The highest BCUT2D eigenvalue weighted by molar-refractivity contribution is 9.10. The first-order valence-electron chi connectivity index (χ1n) is 7.00. The fraction of sp³-hybridized carbons (Fsp3) is 0.235. The summed E-state index contributed by atoms with van der Waals surface area (Å²) in [6.45, 7) is 6.29. The van der Waals surface area contributed by atoms with Gasteiger partial charge in [-0.05, 0) is 66.2 Å². The van der Waals surface area contributed by atoms with E-state index in [2.05, 4.69) is 58.2 Å². The molecule has 0 saturated heterocycles. The van der Waals surface area contributed by atoms with Crippen molar-refractivity contribution in [3.8, 4) is 6.07 Å². The van der Waals surface area contributed by atoms with Gasteiger partial charge in [0.25, 0.3) is 0 Å². The van der Waals surface area contributed by atoms with Crippen LogP contribution in [-0.2, 0) is 0 Å². The van der Waals surface area contributed by atoms with Gasteiger partial charge in [-0.25, -0.2) is 0 Å². The highest BCUT2D eigenvalue weighted by Crippen LogP contribution is 2.27. The summed E-state index contributed by atoms with van der Waals surface area (Å²) >= 11 is 3.40. The molecule has 1 N–H and O–H groups in total. The fourth-order valence-corrected chi connectivity index (χ4v) is 2.70. The van der Waals surface area contributed by atoms with Gasteiger partial charge < -0.3 is 10.2 Å². The average Bonchev–Trinajstić information content (AvgIpc) is 2.50. The first-order chi connectivity index (χ1) is 10.2. The van der Waals surface area contributed by atoms with Gasteiger partial charge in [0, 0.05) is 28.9 Å². The van der Waals surface area contributed by atoms with Crippen LogP contribution >= 0.6 is 15.9 Å². The molecule has 0 fully saturated rings. The van der Waals surface area contributed by atoms with Crippen molar-refractivity contribution in [2.24, 2.45) is 0 Å².